The summed E-state index contributed by atoms with van der Waals surface area (Å²) in [6, 6.07) is 0. The van der Waals surface area contributed by atoms with E-state index in [-0.39, 0.29) is 5.97 Å². The van der Waals surface area contributed by atoms with Gasteiger partial charge < -0.3 is 19.1 Å². The highest BCUT2D eigenvalue weighted by atomic mass is 16.5. The van der Waals surface area contributed by atoms with E-state index >= 15 is 0 Å². The summed E-state index contributed by atoms with van der Waals surface area (Å²) in [5, 5.41) is 0. The molecule has 0 heterocycles. The molecule has 0 saturated carbocycles. The van der Waals surface area contributed by atoms with Crippen LogP contribution in [0.3, 0.4) is 0 Å². The Morgan fingerprint density at radius 1 is 1.25 bits per heavy atom. The Balaban J connectivity index is 3.17. The molecule has 0 aromatic heterocycles. The predicted octanol–water partition coefficient (Wildman–Crippen LogP) is 0.349. The summed E-state index contributed by atoms with van der Waals surface area (Å²) in [5.74, 6) is -0.325. The maximum Gasteiger partial charge on any atom is 0.312 e. The van der Waals surface area contributed by atoms with Crippen molar-refractivity contribution in [1.29, 1.82) is 0 Å². The van der Waals surface area contributed by atoms with Crippen LogP contribution in [0.5, 0.6) is 0 Å². The van der Waals surface area contributed by atoms with Crippen LogP contribution in [-0.2, 0) is 19.0 Å². The minimum atomic E-state index is -0.325. The average molecular weight is 232 g/mol. The van der Waals surface area contributed by atoms with E-state index in [1.165, 1.54) is 6.42 Å². The minimum absolute atomic E-state index is 0.296. The molecule has 5 nitrogen and oxygen atoms in total. The number of likely N-dealkylation sites (N-methyl/N-ethyl adjacent to an activating group) is 1. The van der Waals surface area contributed by atoms with Gasteiger partial charge in [0, 0.05) is 26.9 Å². The molecule has 0 unspecified atom stereocenters. The van der Waals surface area contributed by atoms with Gasteiger partial charge >= 0.3 is 5.97 Å². The summed E-state index contributed by atoms with van der Waals surface area (Å²) in [7, 11) is 5.50. The van der Waals surface area contributed by atoms with Crippen LogP contribution in [0.15, 0.2) is 0 Å². The molecule has 0 amide bonds. The van der Waals surface area contributed by atoms with Gasteiger partial charge in [-0.3, -0.25) is 4.79 Å². The lowest BCUT2D eigenvalue weighted by molar-refractivity contribution is -0.140. The molecule has 0 aliphatic carbocycles. The van der Waals surface area contributed by atoms with Gasteiger partial charge in [0.05, 0.1) is 13.0 Å². The van der Waals surface area contributed by atoms with Crippen molar-refractivity contribution < 1.29 is 19.0 Å². The molecule has 0 aromatic carbocycles. The fraction of sp³-hybridized carbons (Fsp3) is 0.818. The van der Waals surface area contributed by atoms with Gasteiger partial charge in [-0.05, 0) is 20.5 Å². The summed E-state index contributed by atoms with van der Waals surface area (Å²) in [5.41, 5.74) is 0. The SMILES string of the molecule is COCCCOC[CH]C(=O)OCCN(C)C. The van der Waals surface area contributed by atoms with Crippen LogP contribution in [0, 0.1) is 6.42 Å². The van der Waals surface area contributed by atoms with Crippen molar-refractivity contribution >= 4 is 5.97 Å². The molecule has 5 heteroatoms. The van der Waals surface area contributed by atoms with Crippen LogP contribution >= 0.6 is 0 Å². The second kappa shape index (κ2) is 10.9. The third-order valence-corrected chi connectivity index (χ3v) is 1.79. The average Bonchev–Trinajstić information content (AvgIpc) is 2.22. The lowest BCUT2D eigenvalue weighted by atomic mass is 10.4. The first-order chi connectivity index (χ1) is 7.66. The molecule has 0 spiro atoms. The van der Waals surface area contributed by atoms with Crippen molar-refractivity contribution in [2.24, 2.45) is 0 Å². The Labute approximate surface area is 97.7 Å². The summed E-state index contributed by atoms with van der Waals surface area (Å²) >= 11 is 0. The molecular weight excluding hydrogens is 210 g/mol. The highest BCUT2D eigenvalue weighted by Gasteiger charge is 2.03. The van der Waals surface area contributed by atoms with Gasteiger partial charge in [0.15, 0.2) is 0 Å². The molecule has 16 heavy (non-hydrogen) atoms. The molecule has 0 aliphatic heterocycles. The quantitative estimate of drug-likeness (QED) is 0.402. The van der Waals surface area contributed by atoms with E-state index in [0.717, 1.165) is 13.0 Å². The topological polar surface area (TPSA) is 48.0 Å². The molecule has 1 radical (unpaired) electrons. The Kier molecular flexibility index (Phi) is 10.4. The van der Waals surface area contributed by atoms with Crippen molar-refractivity contribution in [3.63, 3.8) is 0 Å². The van der Waals surface area contributed by atoms with Crippen LogP contribution < -0.4 is 0 Å². The van der Waals surface area contributed by atoms with Crippen molar-refractivity contribution in [2.75, 3.05) is 54.2 Å². The summed E-state index contributed by atoms with van der Waals surface area (Å²) in [6.45, 7) is 2.70. The second-order valence-corrected chi connectivity index (χ2v) is 3.60. The van der Waals surface area contributed by atoms with Crippen LogP contribution in [0.2, 0.25) is 0 Å². The van der Waals surface area contributed by atoms with Crippen LogP contribution in [0.1, 0.15) is 6.42 Å². The summed E-state index contributed by atoms with van der Waals surface area (Å²) in [4.78, 5) is 13.1. The number of carbonyl (C=O) groups excluding carboxylic acids is 1. The molecule has 95 valence electrons. The molecule has 0 atom stereocenters. The molecule has 0 bridgehead atoms. The Hall–Kier alpha value is -0.650. The van der Waals surface area contributed by atoms with E-state index in [1.807, 2.05) is 19.0 Å². The number of hydrogen-bond acceptors (Lipinski definition) is 5. The van der Waals surface area contributed by atoms with Gasteiger partial charge in [0.1, 0.15) is 6.61 Å². The lowest BCUT2D eigenvalue weighted by Gasteiger charge is -2.09. The lowest BCUT2D eigenvalue weighted by Crippen LogP contribution is -2.20. The van der Waals surface area contributed by atoms with Gasteiger partial charge in [0.2, 0.25) is 0 Å². The number of esters is 1. The third kappa shape index (κ3) is 11.4. The molecule has 0 rings (SSSR count). The highest BCUT2D eigenvalue weighted by Crippen LogP contribution is 1.89. The normalized spacial score (nSPS) is 10.8. The van der Waals surface area contributed by atoms with Crippen LogP contribution in [-0.4, -0.2) is 65.0 Å². The smallest absolute Gasteiger partial charge is 0.312 e. The zero-order valence-electron chi connectivity index (χ0n) is 10.4. The first-order valence-corrected chi connectivity index (χ1v) is 5.38. The van der Waals surface area contributed by atoms with Crippen molar-refractivity contribution in [2.45, 2.75) is 6.42 Å². The van der Waals surface area contributed by atoms with Crippen LogP contribution in [0.25, 0.3) is 0 Å². The molecular formula is C11H22NO4. The van der Waals surface area contributed by atoms with Gasteiger partial charge in [0.25, 0.3) is 0 Å². The standard InChI is InChI=1S/C11H22NO4/c1-12(2)6-10-16-11(13)5-9-15-8-4-7-14-3/h5H,4,6-10H2,1-3H3. The highest BCUT2D eigenvalue weighted by molar-refractivity contribution is 5.78. The first kappa shape index (κ1) is 15.3. The first-order valence-electron chi connectivity index (χ1n) is 5.38. The molecule has 0 saturated heterocycles. The Bertz CT molecular complexity index is 173. The van der Waals surface area contributed by atoms with E-state index in [0.29, 0.717) is 26.4 Å². The van der Waals surface area contributed by atoms with Crippen molar-refractivity contribution in [3.8, 4) is 0 Å². The predicted molar refractivity (Wildman–Crippen MR) is 61.1 cm³/mol. The van der Waals surface area contributed by atoms with Gasteiger partial charge in [-0.25, -0.2) is 0 Å². The van der Waals surface area contributed by atoms with E-state index < -0.39 is 0 Å². The fourth-order valence-corrected chi connectivity index (χ4v) is 0.903. The van der Waals surface area contributed by atoms with Crippen LogP contribution in [0.4, 0.5) is 0 Å². The van der Waals surface area contributed by atoms with E-state index in [4.69, 9.17) is 14.2 Å². The molecule has 0 fully saturated rings. The molecule has 0 N–H and O–H groups in total. The zero-order chi connectivity index (χ0) is 12.2. The number of methoxy groups -OCH3 is 1. The molecule has 0 aliphatic rings. The van der Waals surface area contributed by atoms with Crippen molar-refractivity contribution in [1.82, 2.24) is 4.90 Å². The maximum absolute atomic E-state index is 11.1. The van der Waals surface area contributed by atoms with Gasteiger partial charge in [-0.15, -0.1) is 0 Å². The van der Waals surface area contributed by atoms with Gasteiger partial charge in [-0.2, -0.15) is 0 Å². The maximum atomic E-state index is 11.1. The number of ether oxygens (including phenoxy) is 3. The monoisotopic (exact) mass is 232 g/mol. The number of rotatable bonds is 10. The minimum Gasteiger partial charge on any atom is -0.464 e. The van der Waals surface area contributed by atoms with E-state index in [2.05, 4.69) is 0 Å². The third-order valence-electron chi connectivity index (χ3n) is 1.79. The fourth-order valence-electron chi connectivity index (χ4n) is 0.903. The Morgan fingerprint density at radius 2 is 2.00 bits per heavy atom. The molecule has 0 aromatic rings. The summed E-state index contributed by atoms with van der Waals surface area (Å²) < 4.78 is 15.0. The van der Waals surface area contributed by atoms with Crippen molar-refractivity contribution in [3.05, 3.63) is 6.42 Å². The second-order valence-electron chi connectivity index (χ2n) is 3.60. The van der Waals surface area contributed by atoms with E-state index in [1.54, 1.807) is 7.11 Å². The number of nitrogens with zero attached hydrogens (tertiary/aromatic N) is 1. The summed E-state index contributed by atoms with van der Waals surface area (Å²) in [6.07, 6.45) is 2.24. The van der Waals surface area contributed by atoms with Gasteiger partial charge in [-0.1, -0.05) is 0 Å². The zero-order valence-corrected chi connectivity index (χ0v) is 10.4. The number of carbonyl (C=O) groups is 1. The number of hydrogen-bond donors (Lipinski definition) is 0. The van der Waals surface area contributed by atoms with E-state index in [9.17, 15) is 4.79 Å². The Morgan fingerprint density at radius 3 is 2.62 bits per heavy atom. The largest absolute Gasteiger partial charge is 0.464 e.